The number of hydrogen-bond donors (Lipinski definition) is 0. The van der Waals surface area contributed by atoms with Crippen LogP contribution in [0.2, 0.25) is 5.15 Å². The van der Waals surface area contributed by atoms with E-state index in [2.05, 4.69) is 25.8 Å². The zero-order valence-electron chi connectivity index (χ0n) is 10.3. The lowest BCUT2D eigenvalue weighted by molar-refractivity contribution is 0.539. The van der Waals surface area contributed by atoms with E-state index in [9.17, 15) is 0 Å². The summed E-state index contributed by atoms with van der Waals surface area (Å²) in [5, 5.41) is 0.678. The van der Waals surface area contributed by atoms with E-state index < -0.39 is 0 Å². The van der Waals surface area contributed by atoms with Crippen LogP contribution in [-0.2, 0) is 18.3 Å². The van der Waals surface area contributed by atoms with Gasteiger partial charge in [0.2, 0.25) is 0 Å². The molecule has 0 spiro atoms. The van der Waals surface area contributed by atoms with E-state index in [1.54, 1.807) is 0 Å². The van der Waals surface area contributed by atoms with Gasteiger partial charge in [-0.05, 0) is 25.7 Å². The fourth-order valence-electron chi connectivity index (χ4n) is 2.06. The average molecular weight is 239 g/mol. The lowest BCUT2D eigenvalue weighted by Gasteiger charge is -2.19. The van der Waals surface area contributed by atoms with Crippen LogP contribution >= 0.6 is 11.6 Å². The Hall–Kier alpha value is -0.630. The van der Waals surface area contributed by atoms with E-state index in [4.69, 9.17) is 16.6 Å². The van der Waals surface area contributed by atoms with Crippen molar-refractivity contribution in [2.45, 2.75) is 58.3 Å². The Balaban J connectivity index is 2.48. The normalized spacial score (nSPS) is 16.8. The minimum atomic E-state index is -0.0228. The summed E-state index contributed by atoms with van der Waals surface area (Å²) in [6.07, 6.45) is 5.81. The minimum absolute atomic E-state index is 0.0228. The molecule has 0 radical (unpaired) electrons. The third-order valence-corrected chi connectivity index (χ3v) is 3.37. The minimum Gasteiger partial charge on any atom is -0.237 e. The maximum atomic E-state index is 6.27. The largest absolute Gasteiger partial charge is 0.237 e. The van der Waals surface area contributed by atoms with Crippen molar-refractivity contribution < 1.29 is 0 Å². The number of aromatic nitrogens is 2. The van der Waals surface area contributed by atoms with Crippen molar-refractivity contribution in [1.82, 2.24) is 9.97 Å². The van der Waals surface area contributed by atoms with Gasteiger partial charge in [-0.1, -0.05) is 38.8 Å². The summed E-state index contributed by atoms with van der Waals surface area (Å²) in [6, 6.07) is 0. The van der Waals surface area contributed by atoms with E-state index in [1.807, 2.05) is 0 Å². The molecule has 1 aromatic heterocycles. The molecule has 0 aliphatic heterocycles. The number of aryl methyl sites for hydroxylation is 1. The van der Waals surface area contributed by atoms with E-state index in [-0.39, 0.29) is 5.41 Å². The summed E-state index contributed by atoms with van der Waals surface area (Å²) in [5.41, 5.74) is 2.35. The van der Waals surface area contributed by atoms with Gasteiger partial charge >= 0.3 is 0 Å². The van der Waals surface area contributed by atoms with E-state index in [0.717, 1.165) is 18.7 Å². The third-order valence-electron chi connectivity index (χ3n) is 3.05. The Labute approximate surface area is 102 Å². The fourth-order valence-corrected chi connectivity index (χ4v) is 2.34. The summed E-state index contributed by atoms with van der Waals surface area (Å²) in [5.74, 6) is 0.873. The van der Waals surface area contributed by atoms with E-state index in [0.29, 0.717) is 5.15 Å². The molecule has 1 heterocycles. The average Bonchev–Trinajstić information content (AvgIpc) is 2.41. The lowest BCUT2D eigenvalue weighted by Crippen LogP contribution is -2.18. The zero-order chi connectivity index (χ0) is 11.8. The SMILES string of the molecule is CC(C)(C)c1nc(Cl)c2c(n1)CCCCC2. The van der Waals surface area contributed by atoms with Crippen LogP contribution in [0.25, 0.3) is 0 Å². The van der Waals surface area contributed by atoms with Gasteiger partial charge in [0, 0.05) is 16.7 Å². The number of halogens is 1. The van der Waals surface area contributed by atoms with Crippen molar-refractivity contribution in [1.29, 1.82) is 0 Å². The second kappa shape index (κ2) is 4.33. The van der Waals surface area contributed by atoms with Gasteiger partial charge in [-0.2, -0.15) is 0 Å². The van der Waals surface area contributed by atoms with Crippen LogP contribution in [0.5, 0.6) is 0 Å². The highest BCUT2D eigenvalue weighted by atomic mass is 35.5. The molecule has 0 atom stereocenters. The summed E-state index contributed by atoms with van der Waals surface area (Å²) >= 11 is 6.27. The Morgan fingerprint density at radius 2 is 1.69 bits per heavy atom. The van der Waals surface area contributed by atoms with Gasteiger partial charge in [-0.3, -0.25) is 0 Å². The Morgan fingerprint density at radius 1 is 1.00 bits per heavy atom. The molecule has 1 aliphatic carbocycles. The van der Waals surface area contributed by atoms with Gasteiger partial charge in [0.1, 0.15) is 11.0 Å². The Bertz CT molecular complexity index is 394. The predicted octanol–water partition coefficient (Wildman–Crippen LogP) is 3.70. The molecule has 16 heavy (non-hydrogen) atoms. The molecule has 0 N–H and O–H groups in total. The molecular formula is C13H19ClN2. The highest BCUT2D eigenvalue weighted by molar-refractivity contribution is 6.30. The molecule has 88 valence electrons. The fraction of sp³-hybridized carbons (Fsp3) is 0.692. The van der Waals surface area contributed by atoms with Crippen molar-refractivity contribution in [2.75, 3.05) is 0 Å². The quantitative estimate of drug-likeness (QED) is 0.509. The van der Waals surface area contributed by atoms with Crippen molar-refractivity contribution in [3.63, 3.8) is 0 Å². The second-order valence-electron chi connectivity index (χ2n) is 5.57. The maximum absolute atomic E-state index is 6.27. The number of fused-ring (bicyclic) bond motifs is 1. The molecule has 0 amide bonds. The Kier molecular flexibility index (Phi) is 3.20. The highest BCUT2D eigenvalue weighted by Crippen LogP contribution is 2.28. The van der Waals surface area contributed by atoms with Gasteiger partial charge in [0.25, 0.3) is 0 Å². The Morgan fingerprint density at radius 3 is 2.38 bits per heavy atom. The second-order valence-corrected chi connectivity index (χ2v) is 5.93. The first-order chi connectivity index (χ1) is 7.48. The molecule has 2 nitrogen and oxygen atoms in total. The van der Waals surface area contributed by atoms with Crippen molar-refractivity contribution in [3.05, 3.63) is 22.2 Å². The molecule has 0 fully saturated rings. The first-order valence-corrected chi connectivity index (χ1v) is 6.42. The molecule has 1 aromatic rings. The number of hydrogen-bond acceptors (Lipinski definition) is 2. The lowest BCUT2D eigenvalue weighted by atomic mass is 9.95. The van der Waals surface area contributed by atoms with Crippen molar-refractivity contribution in [3.8, 4) is 0 Å². The molecular weight excluding hydrogens is 220 g/mol. The van der Waals surface area contributed by atoms with Gasteiger partial charge in [0.05, 0.1) is 0 Å². The van der Waals surface area contributed by atoms with Gasteiger partial charge in [-0.25, -0.2) is 9.97 Å². The highest BCUT2D eigenvalue weighted by Gasteiger charge is 2.22. The summed E-state index contributed by atoms with van der Waals surface area (Å²) in [4.78, 5) is 9.16. The maximum Gasteiger partial charge on any atom is 0.136 e. The summed E-state index contributed by atoms with van der Waals surface area (Å²) < 4.78 is 0. The van der Waals surface area contributed by atoms with Crippen LogP contribution < -0.4 is 0 Å². The third kappa shape index (κ3) is 2.37. The molecule has 0 bridgehead atoms. The smallest absolute Gasteiger partial charge is 0.136 e. The summed E-state index contributed by atoms with van der Waals surface area (Å²) in [6.45, 7) is 6.38. The topological polar surface area (TPSA) is 25.8 Å². The van der Waals surface area contributed by atoms with E-state index in [1.165, 1.54) is 30.5 Å². The van der Waals surface area contributed by atoms with Crippen LogP contribution in [0.15, 0.2) is 0 Å². The first kappa shape index (κ1) is 11.8. The molecule has 0 saturated heterocycles. The van der Waals surface area contributed by atoms with Crippen LogP contribution in [0.4, 0.5) is 0 Å². The van der Waals surface area contributed by atoms with Gasteiger partial charge in [0.15, 0.2) is 0 Å². The standard InChI is InChI=1S/C13H19ClN2/c1-13(2,3)12-15-10-8-6-4-5-7-9(10)11(14)16-12/h4-8H2,1-3H3. The van der Waals surface area contributed by atoms with Gasteiger partial charge < -0.3 is 0 Å². The molecule has 2 rings (SSSR count). The van der Waals surface area contributed by atoms with Crippen LogP contribution in [0.3, 0.4) is 0 Å². The molecule has 3 heteroatoms. The predicted molar refractivity (Wildman–Crippen MR) is 67.0 cm³/mol. The molecule has 0 unspecified atom stereocenters. The molecule has 0 saturated carbocycles. The number of rotatable bonds is 0. The van der Waals surface area contributed by atoms with Crippen LogP contribution in [0.1, 0.15) is 57.1 Å². The van der Waals surface area contributed by atoms with Crippen molar-refractivity contribution >= 4 is 11.6 Å². The summed E-state index contributed by atoms with van der Waals surface area (Å²) in [7, 11) is 0. The van der Waals surface area contributed by atoms with Crippen LogP contribution in [-0.4, -0.2) is 9.97 Å². The monoisotopic (exact) mass is 238 g/mol. The number of nitrogens with zero attached hydrogens (tertiary/aromatic N) is 2. The van der Waals surface area contributed by atoms with E-state index >= 15 is 0 Å². The first-order valence-electron chi connectivity index (χ1n) is 6.04. The molecule has 0 aromatic carbocycles. The van der Waals surface area contributed by atoms with Gasteiger partial charge in [-0.15, -0.1) is 0 Å². The van der Waals surface area contributed by atoms with Crippen LogP contribution in [0, 0.1) is 0 Å². The zero-order valence-corrected chi connectivity index (χ0v) is 11.1. The van der Waals surface area contributed by atoms with Crippen molar-refractivity contribution in [2.24, 2.45) is 0 Å². The molecule has 1 aliphatic rings.